The maximum atomic E-state index is 10.0. The van der Waals surface area contributed by atoms with Gasteiger partial charge in [-0.25, -0.2) is 4.98 Å². The summed E-state index contributed by atoms with van der Waals surface area (Å²) in [6.45, 7) is 4.87. The number of hydrogen-bond acceptors (Lipinski definition) is 3. The van der Waals surface area contributed by atoms with Crippen LogP contribution in [0.5, 0.6) is 5.75 Å². The molecule has 0 spiro atoms. The maximum Gasteiger partial charge on any atom is 0.137 e. The fourth-order valence-corrected chi connectivity index (χ4v) is 3.56. The minimum Gasteiger partial charge on any atom is -0.508 e. The topological polar surface area (TPSA) is 52.2 Å². The van der Waals surface area contributed by atoms with Crippen LogP contribution in [0.25, 0.3) is 16.6 Å². The van der Waals surface area contributed by atoms with Crippen molar-refractivity contribution in [2.75, 3.05) is 13.1 Å². The van der Waals surface area contributed by atoms with Gasteiger partial charge in [0.05, 0.1) is 0 Å². The molecule has 4 heteroatoms. The van der Waals surface area contributed by atoms with Crippen LogP contribution in [0.1, 0.15) is 18.1 Å². The van der Waals surface area contributed by atoms with E-state index in [0.29, 0.717) is 11.7 Å². The zero-order chi connectivity index (χ0) is 16.5. The van der Waals surface area contributed by atoms with Gasteiger partial charge < -0.3 is 10.1 Å². The van der Waals surface area contributed by atoms with Crippen LogP contribution < -0.4 is 0 Å². The van der Waals surface area contributed by atoms with Crippen LogP contribution in [0.3, 0.4) is 0 Å². The molecule has 0 bridgehead atoms. The van der Waals surface area contributed by atoms with Crippen molar-refractivity contribution in [1.29, 1.82) is 0 Å². The van der Waals surface area contributed by atoms with Crippen molar-refractivity contribution in [2.45, 2.75) is 13.5 Å². The smallest absolute Gasteiger partial charge is 0.137 e. The van der Waals surface area contributed by atoms with Crippen molar-refractivity contribution in [1.82, 2.24) is 14.9 Å². The third-order valence-electron chi connectivity index (χ3n) is 4.61. The molecule has 0 fully saturated rings. The molecule has 2 N–H and O–H groups in total. The Morgan fingerprint density at radius 3 is 3.00 bits per heavy atom. The van der Waals surface area contributed by atoms with Gasteiger partial charge in [-0.3, -0.25) is 4.90 Å². The largest absolute Gasteiger partial charge is 0.508 e. The summed E-state index contributed by atoms with van der Waals surface area (Å²) in [5.74, 6) is 0.846. The van der Waals surface area contributed by atoms with Crippen molar-refractivity contribution in [3.63, 3.8) is 0 Å². The van der Waals surface area contributed by atoms with Gasteiger partial charge in [0.1, 0.15) is 11.4 Å². The van der Waals surface area contributed by atoms with Crippen molar-refractivity contribution in [2.24, 2.45) is 5.92 Å². The van der Waals surface area contributed by atoms with Gasteiger partial charge >= 0.3 is 0 Å². The lowest BCUT2D eigenvalue weighted by atomic mass is 9.95. The average Bonchev–Trinajstić information content (AvgIpc) is 3.01. The Hall–Kier alpha value is -2.59. The van der Waals surface area contributed by atoms with Gasteiger partial charge in [0.2, 0.25) is 0 Å². The number of rotatable bonds is 3. The monoisotopic (exact) mass is 319 g/mol. The van der Waals surface area contributed by atoms with Crippen LogP contribution in [0.4, 0.5) is 0 Å². The molecule has 0 aliphatic carbocycles. The number of nitrogens with zero attached hydrogens (tertiary/aromatic N) is 2. The van der Waals surface area contributed by atoms with Crippen LogP contribution in [0.2, 0.25) is 0 Å². The molecule has 1 atom stereocenters. The highest BCUT2D eigenvalue weighted by Crippen LogP contribution is 2.30. The lowest BCUT2D eigenvalue weighted by Gasteiger charge is -2.31. The number of hydrogen-bond donors (Lipinski definition) is 2. The summed E-state index contributed by atoms with van der Waals surface area (Å²) in [5, 5.41) is 11.2. The van der Waals surface area contributed by atoms with Gasteiger partial charge in [-0.05, 0) is 29.7 Å². The van der Waals surface area contributed by atoms with E-state index in [0.717, 1.165) is 30.8 Å². The summed E-state index contributed by atoms with van der Waals surface area (Å²) in [6.07, 6.45) is 6.22. The summed E-state index contributed by atoms with van der Waals surface area (Å²) in [5.41, 5.74) is 4.46. The first-order valence-corrected chi connectivity index (χ1v) is 8.33. The number of aromatic hydroxyl groups is 1. The van der Waals surface area contributed by atoms with E-state index in [1.54, 1.807) is 6.07 Å². The number of benzene rings is 1. The Labute approximate surface area is 141 Å². The zero-order valence-electron chi connectivity index (χ0n) is 13.7. The molecule has 4 rings (SSSR count). The van der Waals surface area contributed by atoms with E-state index < -0.39 is 0 Å². The Balaban J connectivity index is 1.62. The van der Waals surface area contributed by atoms with Crippen LogP contribution >= 0.6 is 0 Å². The summed E-state index contributed by atoms with van der Waals surface area (Å²) in [4.78, 5) is 10.0. The van der Waals surface area contributed by atoms with Crippen molar-refractivity contribution >= 4 is 16.6 Å². The number of phenolic OH excluding ortho intramolecular Hbond substituents is 1. The summed E-state index contributed by atoms with van der Waals surface area (Å²) in [6, 6.07) is 11.7. The van der Waals surface area contributed by atoms with Gasteiger partial charge in [-0.15, -0.1) is 0 Å². The van der Waals surface area contributed by atoms with Crippen LogP contribution in [0.15, 0.2) is 54.9 Å². The molecule has 3 aromatic rings. The highest BCUT2D eigenvalue weighted by Gasteiger charge is 2.21. The van der Waals surface area contributed by atoms with Crippen molar-refractivity contribution in [3.8, 4) is 5.75 Å². The second-order valence-corrected chi connectivity index (χ2v) is 6.57. The summed E-state index contributed by atoms with van der Waals surface area (Å²) >= 11 is 0. The minimum atomic E-state index is 0.373. The highest BCUT2D eigenvalue weighted by atomic mass is 16.3. The van der Waals surface area contributed by atoms with Gasteiger partial charge in [-0.2, -0.15) is 0 Å². The predicted octanol–water partition coefficient (Wildman–Crippen LogP) is 3.80. The van der Waals surface area contributed by atoms with Gasteiger partial charge in [0, 0.05) is 48.5 Å². The zero-order valence-corrected chi connectivity index (χ0v) is 13.7. The third kappa shape index (κ3) is 2.81. The van der Waals surface area contributed by atoms with Crippen LogP contribution in [-0.4, -0.2) is 33.1 Å². The van der Waals surface area contributed by atoms with E-state index in [1.165, 1.54) is 16.5 Å². The molecule has 2 aromatic heterocycles. The lowest BCUT2D eigenvalue weighted by molar-refractivity contribution is 0.261. The maximum absolute atomic E-state index is 10.0. The molecule has 1 aromatic carbocycles. The quantitative estimate of drug-likeness (QED) is 0.772. The van der Waals surface area contributed by atoms with Gasteiger partial charge in [0.15, 0.2) is 0 Å². The summed E-state index contributed by atoms with van der Waals surface area (Å²) in [7, 11) is 0. The Morgan fingerprint density at radius 2 is 2.12 bits per heavy atom. The first-order chi connectivity index (χ1) is 11.7. The molecule has 122 valence electrons. The van der Waals surface area contributed by atoms with Crippen molar-refractivity contribution < 1.29 is 5.11 Å². The Morgan fingerprint density at radius 1 is 1.25 bits per heavy atom. The number of aromatic amines is 1. The van der Waals surface area contributed by atoms with E-state index >= 15 is 0 Å². The van der Waals surface area contributed by atoms with Crippen LogP contribution in [0, 0.1) is 5.92 Å². The standard InChI is InChI=1S/C20H21N3O/c1-14-9-16(18-10-22-20-17(18)6-4-8-21-20)13-23(11-14)12-15-5-2-3-7-19(15)24/h2-10,14,24H,11-13H2,1H3,(H,21,22)/t14-/m0/s1. The molecule has 0 saturated carbocycles. The molecule has 1 aliphatic heterocycles. The van der Waals surface area contributed by atoms with Crippen LogP contribution in [-0.2, 0) is 6.54 Å². The number of pyridine rings is 1. The molecule has 0 amide bonds. The molecular weight excluding hydrogens is 298 g/mol. The fraction of sp³-hybridized carbons (Fsp3) is 0.250. The normalized spacial score (nSPS) is 18.7. The van der Waals surface area contributed by atoms with E-state index in [-0.39, 0.29) is 0 Å². The molecule has 4 nitrogen and oxygen atoms in total. The molecule has 0 unspecified atom stereocenters. The summed E-state index contributed by atoms with van der Waals surface area (Å²) < 4.78 is 0. The van der Waals surface area contributed by atoms with E-state index in [4.69, 9.17) is 0 Å². The average molecular weight is 319 g/mol. The molecule has 24 heavy (non-hydrogen) atoms. The minimum absolute atomic E-state index is 0.373. The second kappa shape index (κ2) is 6.13. The van der Waals surface area contributed by atoms with E-state index in [9.17, 15) is 5.11 Å². The third-order valence-corrected chi connectivity index (χ3v) is 4.61. The number of aromatic nitrogens is 2. The second-order valence-electron chi connectivity index (χ2n) is 6.57. The lowest BCUT2D eigenvalue weighted by Crippen LogP contribution is -2.33. The first kappa shape index (κ1) is 15.0. The first-order valence-electron chi connectivity index (χ1n) is 8.33. The highest BCUT2D eigenvalue weighted by molar-refractivity contribution is 5.91. The molecule has 3 heterocycles. The van der Waals surface area contributed by atoms with E-state index in [1.807, 2.05) is 30.5 Å². The van der Waals surface area contributed by atoms with Crippen molar-refractivity contribution in [3.05, 3.63) is 66.0 Å². The van der Waals surface area contributed by atoms with E-state index in [2.05, 4.69) is 40.1 Å². The Kier molecular flexibility index (Phi) is 3.82. The number of nitrogens with one attached hydrogen (secondary N) is 1. The number of fused-ring (bicyclic) bond motifs is 1. The molecule has 0 radical (unpaired) electrons. The number of phenols is 1. The van der Waals surface area contributed by atoms with Gasteiger partial charge in [0.25, 0.3) is 0 Å². The molecular formula is C20H21N3O. The molecule has 1 aliphatic rings. The SMILES string of the molecule is C[C@H]1C=C(c2c[nH]c3ncccc23)CN(Cc2ccccc2O)C1. The Bertz CT molecular complexity index is 897. The predicted molar refractivity (Wildman–Crippen MR) is 96.6 cm³/mol. The number of para-hydroxylation sites is 1. The van der Waals surface area contributed by atoms with Gasteiger partial charge in [-0.1, -0.05) is 31.2 Å². The fourth-order valence-electron chi connectivity index (χ4n) is 3.56. The number of H-pyrrole nitrogens is 1. The molecule has 0 saturated heterocycles.